The van der Waals surface area contributed by atoms with Crippen LogP contribution in [0.25, 0.3) is 0 Å². The highest BCUT2D eigenvalue weighted by Gasteiger charge is 2.28. The smallest absolute Gasteiger partial charge is 0.267 e. The Kier molecular flexibility index (Phi) is 4.20. The lowest BCUT2D eigenvalue weighted by molar-refractivity contribution is -0.138. The van der Waals surface area contributed by atoms with Gasteiger partial charge >= 0.3 is 0 Å². The Morgan fingerprint density at radius 3 is 2.57 bits per heavy atom. The summed E-state index contributed by atoms with van der Waals surface area (Å²) >= 11 is 0. The van der Waals surface area contributed by atoms with Gasteiger partial charge in [-0.05, 0) is 43.0 Å². The number of piperidine rings is 2. The lowest BCUT2D eigenvalue weighted by Gasteiger charge is -2.24. The molecule has 2 saturated heterocycles. The van der Waals surface area contributed by atoms with E-state index in [9.17, 15) is 9.59 Å². The highest BCUT2D eigenvalue weighted by atomic mass is 16.5. The Labute approximate surface area is 124 Å². The van der Waals surface area contributed by atoms with E-state index in [2.05, 4.69) is 22.8 Å². The average molecular weight is 288 g/mol. The van der Waals surface area contributed by atoms with Crippen molar-refractivity contribution in [2.24, 2.45) is 0 Å². The van der Waals surface area contributed by atoms with E-state index in [-0.39, 0.29) is 11.8 Å². The number of rotatable bonds is 3. The third-order valence-corrected chi connectivity index (χ3v) is 4.12. The molecule has 2 aliphatic rings. The van der Waals surface area contributed by atoms with E-state index in [1.54, 1.807) is 0 Å². The molecule has 2 heterocycles. The van der Waals surface area contributed by atoms with Crippen LogP contribution in [0.3, 0.4) is 0 Å². The van der Waals surface area contributed by atoms with Crippen LogP contribution in [0.2, 0.25) is 0 Å². The first-order valence-corrected chi connectivity index (χ1v) is 7.53. The van der Waals surface area contributed by atoms with Crippen LogP contribution >= 0.6 is 0 Å². The van der Waals surface area contributed by atoms with Crippen LogP contribution in [0.4, 0.5) is 0 Å². The molecule has 3 rings (SSSR count). The van der Waals surface area contributed by atoms with Crippen molar-refractivity contribution in [1.29, 1.82) is 0 Å². The molecule has 1 aromatic rings. The molecule has 21 heavy (non-hydrogen) atoms. The molecule has 0 saturated carbocycles. The van der Waals surface area contributed by atoms with Crippen molar-refractivity contribution in [3.63, 3.8) is 0 Å². The zero-order valence-electron chi connectivity index (χ0n) is 11.9. The number of imide groups is 1. The van der Waals surface area contributed by atoms with Crippen LogP contribution in [0.1, 0.15) is 37.2 Å². The minimum atomic E-state index is -0.565. The molecule has 0 bridgehead atoms. The molecule has 5 heteroatoms. The van der Waals surface area contributed by atoms with Gasteiger partial charge in [-0.2, -0.15) is 0 Å². The molecular weight excluding hydrogens is 268 g/mol. The second-order valence-corrected chi connectivity index (χ2v) is 5.67. The maximum atomic E-state index is 11.7. The van der Waals surface area contributed by atoms with Gasteiger partial charge in [0.25, 0.3) is 5.91 Å². The minimum absolute atomic E-state index is 0.222. The fourth-order valence-corrected chi connectivity index (χ4v) is 2.91. The van der Waals surface area contributed by atoms with Gasteiger partial charge in [-0.25, -0.2) is 0 Å². The summed E-state index contributed by atoms with van der Waals surface area (Å²) in [5, 5.41) is 5.71. The van der Waals surface area contributed by atoms with Crippen LogP contribution < -0.4 is 15.4 Å². The quantitative estimate of drug-likeness (QED) is 0.824. The molecule has 0 radical (unpaired) electrons. The van der Waals surface area contributed by atoms with Crippen LogP contribution in [0.15, 0.2) is 24.3 Å². The summed E-state index contributed by atoms with van der Waals surface area (Å²) in [5.74, 6) is 0.673. The highest BCUT2D eigenvalue weighted by Crippen LogP contribution is 2.25. The van der Waals surface area contributed by atoms with Gasteiger partial charge in [-0.1, -0.05) is 12.1 Å². The van der Waals surface area contributed by atoms with Gasteiger partial charge in [0.1, 0.15) is 5.75 Å². The Bertz CT molecular complexity index is 521. The van der Waals surface area contributed by atoms with E-state index < -0.39 is 6.10 Å². The number of benzene rings is 1. The molecule has 2 aliphatic heterocycles. The van der Waals surface area contributed by atoms with Crippen LogP contribution in [-0.2, 0) is 9.59 Å². The average Bonchev–Trinajstić information content (AvgIpc) is 2.52. The monoisotopic (exact) mass is 288 g/mol. The van der Waals surface area contributed by atoms with E-state index in [0.29, 0.717) is 24.5 Å². The van der Waals surface area contributed by atoms with Crippen LogP contribution in [0.5, 0.6) is 5.75 Å². The second kappa shape index (κ2) is 6.26. The summed E-state index contributed by atoms with van der Waals surface area (Å²) in [6, 6.07) is 7.96. The second-order valence-electron chi connectivity index (χ2n) is 5.67. The molecule has 2 unspecified atom stereocenters. The van der Waals surface area contributed by atoms with E-state index in [0.717, 1.165) is 13.1 Å². The third-order valence-electron chi connectivity index (χ3n) is 4.12. The first kappa shape index (κ1) is 14.1. The molecule has 2 amide bonds. The van der Waals surface area contributed by atoms with E-state index in [1.807, 2.05) is 12.1 Å². The number of carbonyl (C=O) groups is 2. The predicted molar refractivity (Wildman–Crippen MR) is 78.1 cm³/mol. The zero-order chi connectivity index (χ0) is 14.7. The number of hydrogen-bond acceptors (Lipinski definition) is 4. The van der Waals surface area contributed by atoms with Crippen molar-refractivity contribution >= 4 is 11.8 Å². The Morgan fingerprint density at radius 1 is 1.10 bits per heavy atom. The molecule has 112 valence electrons. The third kappa shape index (κ3) is 3.42. The normalized spacial score (nSPS) is 26.3. The van der Waals surface area contributed by atoms with Crippen molar-refractivity contribution in [3.8, 4) is 5.75 Å². The molecular formula is C16H20N2O3. The molecule has 5 nitrogen and oxygen atoms in total. The first-order chi connectivity index (χ1) is 10.2. The molecule has 0 aliphatic carbocycles. The topological polar surface area (TPSA) is 67.4 Å². The van der Waals surface area contributed by atoms with Gasteiger partial charge < -0.3 is 10.1 Å². The fraction of sp³-hybridized carbons (Fsp3) is 0.500. The van der Waals surface area contributed by atoms with Gasteiger partial charge in [0.05, 0.1) is 0 Å². The van der Waals surface area contributed by atoms with Crippen molar-refractivity contribution in [1.82, 2.24) is 10.6 Å². The molecule has 2 fully saturated rings. The number of ether oxygens (including phenoxy) is 1. The van der Waals surface area contributed by atoms with Crippen molar-refractivity contribution in [2.75, 3.05) is 13.1 Å². The van der Waals surface area contributed by atoms with Gasteiger partial charge in [0.2, 0.25) is 5.91 Å². The van der Waals surface area contributed by atoms with Gasteiger partial charge in [-0.15, -0.1) is 0 Å². The molecule has 0 aromatic heterocycles. The Morgan fingerprint density at radius 2 is 1.90 bits per heavy atom. The van der Waals surface area contributed by atoms with Gasteiger partial charge in [0.15, 0.2) is 6.10 Å². The van der Waals surface area contributed by atoms with Crippen LogP contribution in [0, 0.1) is 0 Å². The van der Waals surface area contributed by atoms with Crippen molar-refractivity contribution in [3.05, 3.63) is 29.8 Å². The summed E-state index contributed by atoms with van der Waals surface area (Å²) in [6.45, 7) is 2.13. The zero-order valence-corrected chi connectivity index (χ0v) is 11.9. The largest absolute Gasteiger partial charge is 0.481 e. The molecule has 2 atom stereocenters. The summed E-state index contributed by atoms with van der Waals surface area (Å²) in [4.78, 5) is 22.8. The summed E-state index contributed by atoms with van der Waals surface area (Å²) < 4.78 is 5.68. The molecule has 0 spiro atoms. The van der Waals surface area contributed by atoms with Crippen molar-refractivity contribution in [2.45, 2.75) is 37.7 Å². The van der Waals surface area contributed by atoms with E-state index in [1.165, 1.54) is 18.4 Å². The maximum absolute atomic E-state index is 11.7. The van der Waals surface area contributed by atoms with E-state index in [4.69, 9.17) is 4.74 Å². The van der Waals surface area contributed by atoms with Gasteiger partial charge in [-0.3, -0.25) is 14.9 Å². The minimum Gasteiger partial charge on any atom is -0.481 e. The standard InChI is InChI=1S/C16H20N2O3/c19-15-8-7-14(16(20)18-15)21-13-5-3-11(4-6-13)12-2-1-9-17-10-12/h3-6,12,14,17H,1-2,7-10H2,(H,18,19,20). The number of amides is 2. The molecule has 1 aromatic carbocycles. The summed E-state index contributed by atoms with van der Waals surface area (Å²) in [7, 11) is 0. The first-order valence-electron chi connectivity index (χ1n) is 7.53. The van der Waals surface area contributed by atoms with Gasteiger partial charge in [0, 0.05) is 19.4 Å². The number of hydrogen-bond donors (Lipinski definition) is 2. The number of carbonyl (C=O) groups excluding carboxylic acids is 2. The predicted octanol–water partition coefficient (Wildman–Crippen LogP) is 1.34. The van der Waals surface area contributed by atoms with E-state index >= 15 is 0 Å². The SMILES string of the molecule is O=C1CCC(Oc2ccc(C3CCCNC3)cc2)C(=O)N1. The highest BCUT2D eigenvalue weighted by molar-refractivity contribution is 5.99. The Balaban J connectivity index is 1.61. The molecule has 2 N–H and O–H groups in total. The van der Waals surface area contributed by atoms with Crippen molar-refractivity contribution < 1.29 is 14.3 Å². The lowest BCUT2D eigenvalue weighted by atomic mass is 9.92. The summed E-state index contributed by atoms with van der Waals surface area (Å²) in [5.41, 5.74) is 1.30. The number of nitrogens with one attached hydrogen (secondary N) is 2. The fourth-order valence-electron chi connectivity index (χ4n) is 2.91. The lowest BCUT2D eigenvalue weighted by Crippen LogP contribution is -2.46. The Hall–Kier alpha value is -1.88. The summed E-state index contributed by atoms with van der Waals surface area (Å²) in [6.07, 6.45) is 2.63. The maximum Gasteiger partial charge on any atom is 0.267 e. The van der Waals surface area contributed by atoms with Crippen LogP contribution in [-0.4, -0.2) is 31.0 Å².